The number of carboxylic acid groups (broad SMARTS) is 1. The van der Waals surface area contributed by atoms with Crippen LogP contribution in [0.1, 0.15) is 26.2 Å². The van der Waals surface area contributed by atoms with E-state index < -0.39 is 5.97 Å². The lowest BCUT2D eigenvalue weighted by molar-refractivity contribution is -0.145. The van der Waals surface area contributed by atoms with E-state index in [1.165, 1.54) is 5.57 Å². The van der Waals surface area contributed by atoms with E-state index in [2.05, 4.69) is 11.5 Å². The van der Waals surface area contributed by atoms with E-state index in [9.17, 15) is 4.79 Å². The third-order valence-corrected chi connectivity index (χ3v) is 2.83. The highest BCUT2D eigenvalue weighted by atomic mass is 16.5. The standard InChI is InChI=1S/C12H21NO3/c1-10(2)3-6-13-7-4-11(5-8-13)16-9-12(14)15/h11H,1,3-9H2,2H3,(H,14,15). The van der Waals surface area contributed by atoms with E-state index in [1.807, 2.05) is 6.92 Å². The molecule has 0 unspecified atom stereocenters. The van der Waals surface area contributed by atoms with Crippen LogP contribution in [-0.2, 0) is 9.53 Å². The molecule has 0 amide bonds. The van der Waals surface area contributed by atoms with Crippen LogP contribution in [0.15, 0.2) is 12.2 Å². The highest BCUT2D eigenvalue weighted by Gasteiger charge is 2.19. The third kappa shape index (κ3) is 5.28. The van der Waals surface area contributed by atoms with Crippen LogP contribution < -0.4 is 0 Å². The van der Waals surface area contributed by atoms with Gasteiger partial charge in [-0.05, 0) is 26.2 Å². The number of nitrogens with zero attached hydrogens (tertiary/aromatic N) is 1. The predicted molar refractivity (Wildman–Crippen MR) is 62.5 cm³/mol. The molecule has 1 heterocycles. The Labute approximate surface area is 96.9 Å². The molecular weight excluding hydrogens is 206 g/mol. The number of aliphatic carboxylic acids is 1. The molecule has 4 heteroatoms. The molecule has 16 heavy (non-hydrogen) atoms. The lowest BCUT2D eigenvalue weighted by atomic mass is 10.1. The Bertz CT molecular complexity index is 219. The van der Waals surface area contributed by atoms with Crippen LogP contribution in [0, 0.1) is 0 Å². The zero-order valence-corrected chi connectivity index (χ0v) is 9.95. The maximum Gasteiger partial charge on any atom is 0.329 e. The van der Waals surface area contributed by atoms with Crippen molar-refractivity contribution in [3.8, 4) is 0 Å². The average Bonchev–Trinajstić information content (AvgIpc) is 2.25. The summed E-state index contributed by atoms with van der Waals surface area (Å²) in [4.78, 5) is 12.7. The number of piperidine rings is 1. The summed E-state index contributed by atoms with van der Waals surface area (Å²) in [7, 11) is 0. The summed E-state index contributed by atoms with van der Waals surface area (Å²) in [6.45, 7) is 8.81. The van der Waals surface area contributed by atoms with E-state index in [1.54, 1.807) is 0 Å². The van der Waals surface area contributed by atoms with Gasteiger partial charge in [0.1, 0.15) is 6.61 Å². The Hall–Kier alpha value is -0.870. The molecule has 92 valence electrons. The molecule has 0 aromatic carbocycles. The summed E-state index contributed by atoms with van der Waals surface area (Å²) in [5.74, 6) is -0.885. The molecule has 1 aliphatic heterocycles. The molecule has 1 N–H and O–H groups in total. The molecule has 1 fully saturated rings. The Balaban J connectivity index is 2.13. The normalized spacial score (nSPS) is 18.6. The van der Waals surface area contributed by atoms with Crippen molar-refractivity contribution in [1.29, 1.82) is 0 Å². The van der Waals surface area contributed by atoms with Gasteiger partial charge in [0, 0.05) is 19.6 Å². The molecule has 0 radical (unpaired) electrons. The van der Waals surface area contributed by atoms with E-state index in [0.717, 1.165) is 38.9 Å². The second-order valence-corrected chi connectivity index (χ2v) is 4.45. The molecule has 1 aliphatic rings. The number of carboxylic acids is 1. The van der Waals surface area contributed by atoms with Crippen LogP contribution in [0.2, 0.25) is 0 Å². The number of ether oxygens (including phenoxy) is 1. The number of rotatable bonds is 6. The quantitative estimate of drug-likeness (QED) is 0.699. The molecule has 0 bridgehead atoms. The smallest absolute Gasteiger partial charge is 0.329 e. The van der Waals surface area contributed by atoms with Crippen molar-refractivity contribution in [3.63, 3.8) is 0 Å². The zero-order valence-electron chi connectivity index (χ0n) is 9.95. The molecule has 0 aliphatic carbocycles. The molecule has 1 saturated heterocycles. The summed E-state index contributed by atoms with van der Waals surface area (Å²) in [6.07, 6.45) is 3.03. The first-order valence-corrected chi connectivity index (χ1v) is 5.78. The molecule has 0 aromatic heterocycles. The molecule has 0 saturated carbocycles. The minimum atomic E-state index is -0.885. The Morgan fingerprint density at radius 3 is 2.62 bits per heavy atom. The summed E-state index contributed by atoms with van der Waals surface area (Å²) < 4.78 is 5.27. The summed E-state index contributed by atoms with van der Waals surface area (Å²) in [5.41, 5.74) is 1.21. The van der Waals surface area contributed by atoms with Gasteiger partial charge in [-0.15, -0.1) is 6.58 Å². The third-order valence-electron chi connectivity index (χ3n) is 2.83. The number of hydrogen-bond donors (Lipinski definition) is 1. The topological polar surface area (TPSA) is 49.8 Å². The van der Waals surface area contributed by atoms with Gasteiger partial charge < -0.3 is 14.7 Å². The molecule has 0 atom stereocenters. The lowest BCUT2D eigenvalue weighted by Crippen LogP contribution is -2.38. The van der Waals surface area contributed by atoms with Crippen molar-refractivity contribution in [3.05, 3.63) is 12.2 Å². The van der Waals surface area contributed by atoms with Crippen molar-refractivity contribution < 1.29 is 14.6 Å². The van der Waals surface area contributed by atoms with Crippen LogP contribution in [-0.4, -0.2) is 48.3 Å². The molecule has 0 aromatic rings. The van der Waals surface area contributed by atoms with Crippen molar-refractivity contribution in [1.82, 2.24) is 4.90 Å². The van der Waals surface area contributed by atoms with Crippen LogP contribution >= 0.6 is 0 Å². The van der Waals surface area contributed by atoms with Gasteiger partial charge in [0.2, 0.25) is 0 Å². The molecule has 4 nitrogen and oxygen atoms in total. The van der Waals surface area contributed by atoms with E-state index in [0.29, 0.717) is 0 Å². The van der Waals surface area contributed by atoms with Crippen LogP contribution in [0.5, 0.6) is 0 Å². The van der Waals surface area contributed by atoms with E-state index in [-0.39, 0.29) is 12.7 Å². The average molecular weight is 227 g/mol. The van der Waals surface area contributed by atoms with Gasteiger partial charge >= 0.3 is 5.97 Å². The second kappa shape index (κ2) is 6.66. The van der Waals surface area contributed by atoms with Gasteiger partial charge in [-0.2, -0.15) is 0 Å². The molecule has 0 spiro atoms. The number of likely N-dealkylation sites (tertiary alicyclic amines) is 1. The first kappa shape index (κ1) is 13.2. The van der Waals surface area contributed by atoms with Crippen molar-refractivity contribution in [2.24, 2.45) is 0 Å². The Morgan fingerprint density at radius 1 is 1.50 bits per heavy atom. The van der Waals surface area contributed by atoms with Crippen molar-refractivity contribution in [2.75, 3.05) is 26.2 Å². The number of carbonyl (C=O) groups is 1. The van der Waals surface area contributed by atoms with Gasteiger partial charge in [-0.3, -0.25) is 0 Å². The maximum absolute atomic E-state index is 10.3. The first-order valence-electron chi connectivity index (χ1n) is 5.78. The van der Waals surface area contributed by atoms with Crippen LogP contribution in [0.3, 0.4) is 0 Å². The van der Waals surface area contributed by atoms with Crippen LogP contribution in [0.25, 0.3) is 0 Å². The van der Waals surface area contributed by atoms with E-state index in [4.69, 9.17) is 9.84 Å². The fourth-order valence-electron chi connectivity index (χ4n) is 1.84. The van der Waals surface area contributed by atoms with Crippen molar-refractivity contribution >= 4 is 5.97 Å². The Kier molecular flexibility index (Phi) is 5.49. The monoisotopic (exact) mass is 227 g/mol. The summed E-state index contributed by atoms with van der Waals surface area (Å²) in [6, 6.07) is 0. The van der Waals surface area contributed by atoms with Gasteiger partial charge in [-0.1, -0.05) is 5.57 Å². The SMILES string of the molecule is C=C(C)CCN1CCC(OCC(=O)O)CC1. The molecular formula is C12H21NO3. The number of hydrogen-bond acceptors (Lipinski definition) is 3. The van der Waals surface area contributed by atoms with Gasteiger partial charge in [0.15, 0.2) is 0 Å². The highest BCUT2D eigenvalue weighted by Crippen LogP contribution is 2.14. The minimum absolute atomic E-state index is 0.122. The lowest BCUT2D eigenvalue weighted by Gasteiger charge is -2.31. The largest absolute Gasteiger partial charge is 0.480 e. The van der Waals surface area contributed by atoms with Crippen LogP contribution in [0.4, 0.5) is 0 Å². The molecule has 1 rings (SSSR count). The first-order chi connectivity index (χ1) is 7.58. The van der Waals surface area contributed by atoms with Crippen molar-refractivity contribution in [2.45, 2.75) is 32.3 Å². The summed E-state index contributed by atoms with van der Waals surface area (Å²) in [5, 5.41) is 8.50. The fraction of sp³-hybridized carbons (Fsp3) is 0.750. The van der Waals surface area contributed by atoms with Gasteiger partial charge in [-0.25, -0.2) is 4.79 Å². The van der Waals surface area contributed by atoms with E-state index >= 15 is 0 Å². The fourth-order valence-corrected chi connectivity index (χ4v) is 1.84. The van der Waals surface area contributed by atoms with Gasteiger partial charge in [0.25, 0.3) is 0 Å². The zero-order chi connectivity index (χ0) is 12.0. The minimum Gasteiger partial charge on any atom is -0.480 e. The maximum atomic E-state index is 10.3. The summed E-state index contributed by atoms with van der Waals surface area (Å²) >= 11 is 0. The predicted octanol–water partition coefficient (Wildman–Crippen LogP) is 1.52. The highest BCUT2D eigenvalue weighted by molar-refractivity contribution is 5.68. The van der Waals surface area contributed by atoms with Gasteiger partial charge in [0.05, 0.1) is 6.10 Å². The Morgan fingerprint density at radius 2 is 2.12 bits per heavy atom. The second-order valence-electron chi connectivity index (χ2n) is 4.45.